The SMILES string of the molecule is COc1ccc(C(=O)O[C@H](C(=O)O)[C@H](O)C(=O)[O-])cc1. The summed E-state index contributed by atoms with van der Waals surface area (Å²) in [5.41, 5.74) is -0.0254. The van der Waals surface area contributed by atoms with Crippen molar-refractivity contribution in [1.82, 2.24) is 0 Å². The minimum absolute atomic E-state index is 0.0254. The first-order chi connectivity index (χ1) is 9.36. The first-order valence-electron chi connectivity index (χ1n) is 5.33. The van der Waals surface area contributed by atoms with E-state index in [4.69, 9.17) is 14.9 Å². The average Bonchev–Trinajstić information content (AvgIpc) is 2.43. The van der Waals surface area contributed by atoms with E-state index in [0.29, 0.717) is 5.75 Å². The van der Waals surface area contributed by atoms with Gasteiger partial charge in [-0.15, -0.1) is 0 Å². The predicted molar refractivity (Wildman–Crippen MR) is 60.8 cm³/mol. The average molecular weight is 283 g/mol. The Bertz CT molecular complexity index is 507. The van der Waals surface area contributed by atoms with E-state index in [1.165, 1.54) is 31.4 Å². The molecule has 2 N–H and O–H groups in total. The number of hydrogen-bond donors (Lipinski definition) is 2. The monoisotopic (exact) mass is 283 g/mol. The lowest BCUT2D eigenvalue weighted by atomic mass is 10.2. The van der Waals surface area contributed by atoms with Crippen LogP contribution >= 0.6 is 0 Å². The third-order valence-electron chi connectivity index (χ3n) is 2.33. The molecule has 0 aliphatic rings. The molecule has 0 fully saturated rings. The highest BCUT2D eigenvalue weighted by atomic mass is 16.6. The van der Waals surface area contributed by atoms with Crippen molar-refractivity contribution in [1.29, 1.82) is 0 Å². The molecule has 8 nitrogen and oxygen atoms in total. The second-order valence-corrected chi connectivity index (χ2v) is 3.66. The van der Waals surface area contributed by atoms with Crippen LogP contribution in [0.4, 0.5) is 0 Å². The van der Waals surface area contributed by atoms with Crippen molar-refractivity contribution in [2.45, 2.75) is 12.2 Å². The number of rotatable bonds is 6. The lowest BCUT2D eigenvalue weighted by Gasteiger charge is -2.20. The van der Waals surface area contributed by atoms with Gasteiger partial charge in [0.05, 0.1) is 18.6 Å². The summed E-state index contributed by atoms with van der Waals surface area (Å²) in [6.07, 6.45) is -4.72. The maximum absolute atomic E-state index is 11.6. The Morgan fingerprint density at radius 1 is 1.20 bits per heavy atom. The molecule has 108 valence electrons. The second-order valence-electron chi connectivity index (χ2n) is 3.66. The summed E-state index contributed by atoms with van der Waals surface area (Å²) in [6, 6.07) is 5.46. The fourth-order valence-electron chi connectivity index (χ4n) is 1.28. The van der Waals surface area contributed by atoms with Crippen molar-refractivity contribution < 1.29 is 39.2 Å². The van der Waals surface area contributed by atoms with Gasteiger partial charge in [0.1, 0.15) is 11.9 Å². The van der Waals surface area contributed by atoms with Gasteiger partial charge in [-0.1, -0.05) is 0 Å². The first kappa shape index (κ1) is 15.4. The normalized spacial score (nSPS) is 13.1. The molecule has 0 saturated heterocycles. The molecule has 1 aromatic carbocycles. The number of carboxylic acid groups (broad SMARTS) is 2. The minimum Gasteiger partial charge on any atom is -0.547 e. The number of benzene rings is 1. The molecule has 1 aromatic rings. The topological polar surface area (TPSA) is 133 Å². The number of carboxylic acids is 2. The summed E-state index contributed by atoms with van der Waals surface area (Å²) in [7, 11) is 1.42. The Kier molecular flexibility index (Phi) is 5.04. The second kappa shape index (κ2) is 6.53. The third-order valence-corrected chi connectivity index (χ3v) is 2.33. The van der Waals surface area contributed by atoms with Crippen molar-refractivity contribution >= 4 is 17.9 Å². The number of carbonyl (C=O) groups excluding carboxylic acids is 2. The highest BCUT2D eigenvalue weighted by Gasteiger charge is 2.31. The number of aliphatic hydroxyl groups is 1. The van der Waals surface area contributed by atoms with Gasteiger partial charge in [0, 0.05) is 0 Å². The molecule has 0 bridgehead atoms. The van der Waals surface area contributed by atoms with Gasteiger partial charge in [0.15, 0.2) is 0 Å². The molecule has 0 heterocycles. The number of esters is 1. The fraction of sp³-hybridized carbons (Fsp3) is 0.250. The van der Waals surface area contributed by atoms with Crippen LogP contribution in [-0.4, -0.2) is 47.4 Å². The number of carbonyl (C=O) groups is 3. The van der Waals surface area contributed by atoms with E-state index in [2.05, 4.69) is 4.74 Å². The summed E-state index contributed by atoms with van der Waals surface area (Å²) in [5, 5.41) is 28.2. The van der Waals surface area contributed by atoms with Crippen LogP contribution in [0.5, 0.6) is 5.75 Å². The molecule has 0 aliphatic carbocycles. The number of aliphatic hydroxyl groups excluding tert-OH is 1. The number of aliphatic carboxylic acids is 2. The van der Waals surface area contributed by atoms with Crippen molar-refractivity contribution in [3.63, 3.8) is 0 Å². The molecule has 1 rings (SSSR count). The lowest BCUT2D eigenvalue weighted by Crippen LogP contribution is -2.48. The predicted octanol–water partition coefficient (Wildman–Crippen LogP) is -1.58. The van der Waals surface area contributed by atoms with Crippen LogP contribution in [0.25, 0.3) is 0 Å². The number of hydrogen-bond acceptors (Lipinski definition) is 7. The Labute approximate surface area is 113 Å². The largest absolute Gasteiger partial charge is 0.547 e. The lowest BCUT2D eigenvalue weighted by molar-refractivity contribution is -0.318. The Morgan fingerprint density at radius 2 is 1.75 bits per heavy atom. The van der Waals surface area contributed by atoms with E-state index in [1.807, 2.05) is 0 Å². The summed E-state index contributed by atoms with van der Waals surface area (Å²) in [5.74, 6) is -4.49. The minimum atomic E-state index is -2.46. The highest BCUT2D eigenvalue weighted by Crippen LogP contribution is 2.13. The summed E-state index contributed by atoms with van der Waals surface area (Å²) >= 11 is 0. The molecule has 0 unspecified atom stereocenters. The van der Waals surface area contributed by atoms with Crippen LogP contribution in [0.2, 0.25) is 0 Å². The Hall–Kier alpha value is -2.61. The van der Waals surface area contributed by atoms with Gasteiger partial charge >= 0.3 is 11.9 Å². The third kappa shape index (κ3) is 3.69. The Morgan fingerprint density at radius 3 is 2.15 bits per heavy atom. The zero-order valence-corrected chi connectivity index (χ0v) is 10.3. The van der Waals surface area contributed by atoms with Gasteiger partial charge in [0.25, 0.3) is 0 Å². The molecule has 8 heteroatoms. The molecular weight excluding hydrogens is 272 g/mol. The van der Waals surface area contributed by atoms with Gasteiger partial charge in [-0.05, 0) is 24.3 Å². The van der Waals surface area contributed by atoms with Gasteiger partial charge in [-0.25, -0.2) is 9.59 Å². The number of methoxy groups -OCH3 is 1. The molecule has 20 heavy (non-hydrogen) atoms. The first-order valence-corrected chi connectivity index (χ1v) is 5.33. The zero-order chi connectivity index (χ0) is 15.3. The van der Waals surface area contributed by atoms with Gasteiger partial charge in [0.2, 0.25) is 6.10 Å². The zero-order valence-electron chi connectivity index (χ0n) is 10.3. The molecule has 0 radical (unpaired) electrons. The van der Waals surface area contributed by atoms with Crippen molar-refractivity contribution in [3.05, 3.63) is 29.8 Å². The van der Waals surface area contributed by atoms with Gasteiger partial charge in [-0.3, -0.25) is 0 Å². The van der Waals surface area contributed by atoms with E-state index in [-0.39, 0.29) is 5.56 Å². The van der Waals surface area contributed by atoms with Crippen LogP contribution in [0.1, 0.15) is 10.4 Å². The van der Waals surface area contributed by atoms with Crippen LogP contribution in [0.15, 0.2) is 24.3 Å². The van der Waals surface area contributed by atoms with Crippen LogP contribution < -0.4 is 9.84 Å². The quantitative estimate of drug-likeness (QED) is 0.597. The van der Waals surface area contributed by atoms with E-state index in [9.17, 15) is 19.5 Å². The summed E-state index contributed by atoms with van der Waals surface area (Å²) < 4.78 is 9.31. The summed E-state index contributed by atoms with van der Waals surface area (Å²) in [6.45, 7) is 0. The molecule has 0 amide bonds. The van der Waals surface area contributed by atoms with E-state index in [0.717, 1.165) is 0 Å². The maximum atomic E-state index is 11.6. The molecular formula is C12H11O8-. The van der Waals surface area contributed by atoms with Gasteiger partial charge in [-0.2, -0.15) is 0 Å². The molecule has 0 spiro atoms. The molecule has 0 aromatic heterocycles. The summed E-state index contributed by atoms with van der Waals surface area (Å²) in [4.78, 5) is 32.8. The molecule has 0 aliphatic heterocycles. The van der Waals surface area contributed by atoms with E-state index in [1.54, 1.807) is 0 Å². The van der Waals surface area contributed by atoms with Gasteiger partial charge < -0.3 is 29.6 Å². The fourth-order valence-corrected chi connectivity index (χ4v) is 1.28. The van der Waals surface area contributed by atoms with E-state index >= 15 is 0 Å². The van der Waals surface area contributed by atoms with Crippen LogP contribution in [0.3, 0.4) is 0 Å². The van der Waals surface area contributed by atoms with E-state index < -0.39 is 30.1 Å². The van der Waals surface area contributed by atoms with Crippen molar-refractivity contribution in [2.24, 2.45) is 0 Å². The Balaban J connectivity index is 2.85. The maximum Gasteiger partial charge on any atom is 0.348 e. The van der Waals surface area contributed by atoms with Crippen molar-refractivity contribution in [2.75, 3.05) is 7.11 Å². The van der Waals surface area contributed by atoms with Crippen LogP contribution in [-0.2, 0) is 14.3 Å². The highest BCUT2D eigenvalue weighted by molar-refractivity contribution is 5.92. The standard InChI is InChI=1S/C12H12O8/c1-19-7-4-2-6(3-5-7)12(18)20-9(11(16)17)8(13)10(14)15/h2-5,8-9,13H,1H3,(H,14,15)(H,16,17)/p-1/t8-,9-/m0/s1. The van der Waals surface area contributed by atoms with Crippen LogP contribution in [0, 0.1) is 0 Å². The smallest absolute Gasteiger partial charge is 0.348 e. The molecule has 0 saturated carbocycles. The molecule has 2 atom stereocenters. The van der Waals surface area contributed by atoms with Crippen molar-refractivity contribution in [3.8, 4) is 5.75 Å². The number of ether oxygens (including phenoxy) is 2.